The highest BCUT2D eigenvalue weighted by atomic mass is 32.1. The molecule has 2 aromatic heterocycles. The van der Waals surface area contributed by atoms with Crippen LogP contribution < -0.4 is 10.5 Å². The first-order valence-electron chi connectivity index (χ1n) is 9.85. The Bertz CT molecular complexity index is 1310. The molecule has 7 nitrogen and oxygen atoms in total. The summed E-state index contributed by atoms with van der Waals surface area (Å²) in [4.78, 5) is 34.0. The van der Waals surface area contributed by atoms with Crippen molar-refractivity contribution in [2.75, 3.05) is 31.1 Å². The molecule has 5 rings (SSSR count). The number of piperazine rings is 1. The molecular weight excluding hydrogens is 417 g/mol. The Balaban J connectivity index is 1.36. The maximum Gasteiger partial charge on any atom is 0.277 e. The molecule has 9 heteroatoms. The Hall–Kier alpha value is -3.59. The van der Waals surface area contributed by atoms with Crippen molar-refractivity contribution in [1.29, 1.82) is 0 Å². The van der Waals surface area contributed by atoms with Crippen LogP contribution in [0.4, 0.5) is 10.2 Å². The molecule has 3 heterocycles. The molecular formula is C22H18FN5O2S. The topological polar surface area (TPSA) is 70.8 Å². The van der Waals surface area contributed by atoms with Crippen molar-refractivity contribution in [3.63, 3.8) is 0 Å². The maximum atomic E-state index is 13.9. The van der Waals surface area contributed by atoms with Gasteiger partial charge in [-0.3, -0.25) is 9.59 Å². The molecule has 1 aliphatic heterocycles. The fourth-order valence-corrected chi connectivity index (χ4v) is 4.51. The summed E-state index contributed by atoms with van der Waals surface area (Å²) in [7, 11) is 0. The van der Waals surface area contributed by atoms with Crippen LogP contribution >= 0.6 is 11.3 Å². The number of halogens is 1. The molecule has 0 radical (unpaired) electrons. The van der Waals surface area contributed by atoms with Crippen LogP contribution in [0, 0.1) is 5.82 Å². The van der Waals surface area contributed by atoms with Gasteiger partial charge in [-0.2, -0.15) is 9.61 Å². The predicted molar refractivity (Wildman–Crippen MR) is 117 cm³/mol. The van der Waals surface area contributed by atoms with E-state index in [2.05, 4.69) is 10.1 Å². The van der Waals surface area contributed by atoms with Crippen LogP contribution in [0.25, 0.3) is 15.5 Å². The van der Waals surface area contributed by atoms with Crippen molar-refractivity contribution in [3.05, 3.63) is 82.4 Å². The molecule has 0 spiro atoms. The number of carbonyl (C=O) groups excluding carboxylic acids is 1. The van der Waals surface area contributed by atoms with Crippen LogP contribution in [0.15, 0.2) is 65.5 Å². The number of nitrogens with zero attached hydrogens (tertiary/aromatic N) is 5. The summed E-state index contributed by atoms with van der Waals surface area (Å²) >= 11 is 1.35. The van der Waals surface area contributed by atoms with Crippen LogP contribution in [0.2, 0.25) is 0 Å². The van der Waals surface area contributed by atoms with Crippen molar-refractivity contribution >= 4 is 28.0 Å². The summed E-state index contributed by atoms with van der Waals surface area (Å²) in [6.45, 7) is 1.86. The van der Waals surface area contributed by atoms with Gasteiger partial charge in [0.05, 0.1) is 5.56 Å². The van der Waals surface area contributed by atoms with Gasteiger partial charge in [-0.05, 0) is 12.1 Å². The second kappa shape index (κ2) is 7.92. The number of benzene rings is 2. The number of hydrogen-bond donors (Lipinski definition) is 0. The van der Waals surface area contributed by atoms with Gasteiger partial charge in [0.1, 0.15) is 16.6 Å². The van der Waals surface area contributed by atoms with Crippen LogP contribution in [0.1, 0.15) is 10.4 Å². The van der Waals surface area contributed by atoms with Gasteiger partial charge in [0.25, 0.3) is 11.5 Å². The molecule has 1 saturated heterocycles. The largest absolute Gasteiger partial charge is 0.353 e. The lowest BCUT2D eigenvalue weighted by Gasteiger charge is -2.35. The average molecular weight is 435 g/mol. The van der Waals surface area contributed by atoms with E-state index in [1.165, 1.54) is 34.1 Å². The van der Waals surface area contributed by atoms with Crippen LogP contribution in [-0.4, -0.2) is 51.6 Å². The quantitative estimate of drug-likeness (QED) is 0.495. The Kier molecular flexibility index (Phi) is 4.95. The summed E-state index contributed by atoms with van der Waals surface area (Å²) in [6.07, 6.45) is 0. The van der Waals surface area contributed by atoms with Gasteiger partial charge in [0.15, 0.2) is 0 Å². The van der Waals surface area contributed by atoms with Crippen molar-refractivity contribution in [2.24, 2.45) is 0 Å². The van der Waals surface area contributed by atoms with E-state index in [4.69, 9.17) is 0 Å². The Morgan fingerprint density at radius 2 is 1.68 bits per heavy atom. The fourth-order valence-electron chi connectivity index (χ4n) is 3.60. The van der Waals surface area contributed by atoms with E-state index in [9.17, 15) is 14.0 Å². The number of amides is 1. The molecule has 1 amide bonds. The minimum Gasteiger partial charge on any atom is -0.353 e. The lowest BCUT2D eigenvalue weighted by atomic mass is 10.1. The number of aromatic nitrogens is 3. The standard InChI is InChI=1S/C22H18FN5O2S/c23-17-9-5-4-8-16(17)21(30)27-12-10-26(11-13-27)18-14-19(29)28-22(24-18)31-20(25-28)15-6-2-1-3-7-15/h1-9,14H,10-13H2. The molecule has 0 bridgehead atoms. The van der Waals surface area contributed by atoms with E-state index in [0.717, 1.165) is 10.6 Å². The summed E-state index contributed by atoms with van der Waals surface area (Å²) in [6, 6.07) is 17.1. The normalized spacial score (nSPS) is 14.2. The molecule has 156 valence electrons. The van der Waals surface area contributed by atoms with E-state index in [1.54, 1.807) is 17.0 Å². The number of rotatable bonds is 3. The number of anilines is 1. The number of fused-ring (bicyclic) bond motifs is 1. The lowest BCUT2D eigenvalue weighted by molar-refractivity contribution is 0.0742. The molecule has 0 aliphatic carbocycles. The number of carbonyl (C=O) groups is 1. The molecule has 2 aromatic carbocycles. The second-order valence-corrected chi connectivity index (χ2v) is 8.14. The van der Waals surface area contributed by atoms with Crippen molar-refractivity contribution in [1.82, 2.24) is 19.5 Å². The first kappa shape index (κ1) is 19.4. The summed E-state index contributed by atoms with van der Waals surface area (Å²) in [5, 5.41) is 5.12. The first-order valence-corrected chi connectivity index (χ1v) is 10.7. The van der Waals surface area contributed by atoms with Gasteiger partial charge in [-0.1, -0.05) is 53.8 Å². The molecule has 0 atom stereocenters. The summed E-state index contributed by atoms with van der Waals surface area (Å²) in [5.74, 6) is -0.281. The molecule has 4 aromatic rings. The third kappa shape index (κ3) is 3.68. The smallest absolute Gasteiger partial charge is 0.277 e. The highest BCUT2D eigenvalue weighted by Crippen LogP contribution is 2.25. The summed E-state index contributed by atoms with van der Waals surface area (Å²) < 4.78 is 15.3. The average Bonchev–Trinajstić information content (AvgIpc) is 3.25. The van der Waals surface area contributed by atoms with E-state index in [0.29, 0.717) is 37.0 Å². The van der Waals surface area contributed by atoms with Crippen LogP contribution in [-0.2, 0) is 0 Å². The molecule has 31 heavy (non-hydrogen) atoms. The highest BCUT2D eigenvalue weighted by molar-refractivity contribution is 7.19. The van der Waals surface area contributed by atoms with Gasteiger partial charge in [0.2, 0.25) is 4.96 Å². The van der Waals surface area contributed by atoms with Gasteiger partial charge in [0, 0.05) is 37.8 Å². The Labute approximate surface area is 181 Å². The first-order chi connectivity index (χ1) is 15.1. The zero-order valence-electron chi connectivity index (χ0n) is 16.4. The van der Waals surface area contributed by atoms with Gasteiger partial charge >= 0.3 is 0 Å². The van der Waals surface area contributed by atoms with Gasteiger partial charge < -0.3 is 9.80 Å². The van der Waals surface area contributed by atoms with Crippen molar-refractivity contribution in [3.8, 4) is 10.6 Å². The fraction of sp³-hybridized carbons (Fsp3) is 0.182. The molecule has 1 fully saturated rings. The lowest BCUT2D eigenvalue weighted by Crippen LogP contribution is -2.49. The van der Waals surface area contributed by atoms with Crippen LogP contribution in [0.5, 0.6) is 0 Å². The van der Waals surface area contributed by atoms with E-state index in [-0.39, 0.29) is 17.0 Å². The molecule has 0 N–H and O–H groups in total. The van der Waals surface area contributed by atoms with E-state index < -0.39 is 5.82 Å². The van der Waals surface area contributed by atoms with E-state index in [1.807, 2.05) is 35.2 Å². The third-order valence-corrected chi connectivity index (χ3v) is 6.20. The second-order valence-electron chi connectivity index (χ2n) is 7.18. The monoisotopic (exact) mass is 435 g/mol. The predicted octanol–water partition coefficient (Wildman–Crippen LogP) is 2.92. The molecule has 0 saturated carbocycles. The van der Waals surface area contributed by atoms with Crippen LogP contribution in [0.3, 0.4) is 0 Å². The van der Waals surface area contributed by atoms with Gasteiger partial charge in [-0.25, -0.2) is 9.37 Å². The van der Waals surface area contributed by atoms with E-state index >= 15 is 0 Å². The minimum atomic E-state index is -0.519. The summed E-state index contributed by atoms with van der Waals surface area (Å²) in [5.41, 5.74) is 0.759. The zero-order chi connectivity index (χ0) is 21.4. The van der Waals surface area contributed by atoms with Gasteiger partial charge in [-0.15, -0.1) is 0 Å². The Morgan fingerprint density at radius 1 is 0.968 bits per heavy atom. The number of hydrogen-bond acceptors (Lipinski definition) is 6. The highest BCUT2D eigenvalue weighted by Gasteiger charge is 2.25. The zero-order valence-corrected chi connectivity index (χ0v) is 17.3. The molecule has 1 aliphatic rings. The Morgan fingerprint density at radius 3 is 2.42 bits per heavy atom. The molecule has 0 unspecified atom stereocenters. The third-order valence-electron chi connectivity index (χ3n) is 5.25. The van der Waals surface area contributed by atoms with Crippen molar-refractivity contribution < 1.29 is 9.18 Å². The maximum absolute atomic E-state index is 13.9. The minimum absolute atomic E-state index is 0.0758. The SMILES string of the molecule is O=C(c1ccccc1F)N1CCN(c2cc(=O)n3nc(-c4ccccc4)sc3n2)CC1. The van der Waals surface area contributed by atoms with Crippen molar-refractivity contribution in [2.45, 2.75) is 0 Å².